The minimum absolute atomic E-state index is 0.277. The van der Waals surface area contributed by atoms with Crippen molar-refractivity contribution in [1.29, 1.82) is 0 Å². The number of halogens is 2. The Bertz CT molecular complexity index is 2700. The highest BCUT2D eigenvalue weighted by Gasteiger charge is 2.44. The fourth-order valence-electron chi connectivity index (χ4n) is 6.95. The SMILES string of the molecule is Cc1c(-c2cc(N)c3cnc(NC(=O)[C@@H]4C[C@@H]4F)cc3c2)cnc2nc[nH]c12.Cc1c(-c2cc(N)c3cnc(NC(=O)[C@H]4C[C@H]4F)cc3c2)cnc2nc[nH]c12. The molecule has 2 aliphatic carbocycles. The largest absolute Gasteiger partial charge is 0.398 e. The van der Waals surface area contributed by atoms with Gasteiger partial charge in [-0.25, -0.2) is 38.7 Å². The number of hydrogen-bond acceptors (Lipinski definition) is 10. The number of aromatic nitrogens is 8. The topological polar surface area (TPSA) is 219 Å². The van der Waals surface area contributed by atoms with Gasteiger partial charge in [-0.1, -0.05) is 0 Å². The first kappa shape index (κ1) is 34.7. The van der Waals surface area contributed by atoms with Gasteiger partial charge in [0.1, 0.15) is 24.0 Å². The average molecular weight is 753 g/mol. The Hall–Kier alpha value is -7.10. The van der Waals surface area contributed by atoms with E-state index in [1.807, 2.05) is 38.1 Å². The number of alkyl halides is 2. The fourth-order valence-corrected chi connectivity index (χ4v) is 6.95. The molecule has 280 valence electrons. The van der Waals surface area contributed by atoms with Crippen molar-refractivity contribution in [2.24, 2.45) is 11.8 Å². The summed E-state index contributed by atoms with van der Waals surface area (Å²) in [6.07, 6.45) is 8.48. The van der Waals surface area contributed by atoms with Crippen molar-refractivity contribution in [2.45, 2.75) is 39.0 Å². The van der Waals surface area contributed by atoms with E-state index in [1.165, 1.54) is 0 Å². The maximum Gasteiger partial charge on any atom is 0.231 e. The molecule has 4 atom stereocenters. The van der Waals surface area contributed by atoms with E-state index in [-0.39, 0.29) is 24.7 Å². The molecule has 56 heavy (non-hydrogen) atoms. The number of aryl methyl sites for hydroxylation is 2. The maximum atomic E-state index is 13.1. The molecule has 0 spiro atoms. The number of carbonyl (C=O) groups is 2. The summed E-state index contributed by atoms with van der Waals surface area (Å²) in [5, 5.41) is 8.59. The number of nitrogen functional groups attached to an aromatic ring is 2. The normalized spacial score (nSPS) is 18.5. The van der Waals surface area contributed by atoms with Gasteiger partial charge in [0.05, 0.1) is 35.5 Å². The zero-order valence-electron chi connectivity index (χ0n) is 30.1. The zero-order valence-corrected chi connectivity index (χ0v) is 30.1. The van der Waals surface area contributed by atoms with Gasteiger partial charge >= 0.3 is 0 Å². The van der Waals surface area contributed by atoms with Crippen LogP contribution in [0.1, 0.15) is 24.0 Å². The molecule has 8 N–H and O–H groups in total. The number of carbonyl (C=O) groups excluding carboxylic acids is 2. The Labute approximate surface area is 316 Å². The summed E-state index contributed by atoms with van der Waals surface area (Å²) in [4.78, 5) is 55.8. The van der Waals surface area contributed by atoms with E-state index >= 15 is 0 Å². The summed E-state index contributed by atoms with van der Waals surface area (Å²) < 4.78 is 26.2. The number of anilines is 4. The lowest BCUT2D eigenvalue weighted by atomic mass is 9.98. The lowest BCUT2D eigenvalue weighted by molar-refractivity contribution is -0.118. The quantitative estimate of drug-likeness (QED) is 0.0985. The second-order valence-electron chi connectivity index (χ2n) is 14.2. The maximum absolute atomic E-state index is 13.1. The molecule has 2 saturated carbocycles. The van der Waals surface area contributed by atoms with Crippen LogP contribution in [0.15, 0.2) is 73.8 Å². The molecule has 2 fully saturated rings. The second-order valence-corrected chi connectivity index (χ2v) is 14.2. The number of aromatic amines is 2. The molecule has 6 aromatic heterocycles. The molecule has 0 saturated heterocycles. The predicted octanol–water partition coefficient (Wildman–Crippen LogP) is 6.72. The number of rotatable bonds is 6. The highest BCUT2D eigenvalue weighted by molar-refractivity contribution is 6.02. The highest BCUT2D eigenvalue weighted by Crippen LogP contribution is 2.38. The van der Waals surface area contributed by atoms with Crippen LogP contribution in [0.2, 0.25) is 0 Å². The molecule has 0 unspecified atom stereocenters. The third kappa shape index (κ3) is 6.33. The molecule has 6 heterocycles. The number of benzene rings is 2. The van der Waals surface area contributed by atoms with Crippen LogP contribution in [-0.2, 0) is 9.59 Å². The molecule has 2 aliphatic rings. The number of hydrogen-bond donors (Lipinski definition) is 6. The highest BCUT2D eigenvalue weighted by atomic mass is 19.1. The molecular formula is C40H34F2N12O2. The van der Waals surface area contributed by atoms with Crippen LogP contribution in [-0.4, -0.2) is 64.0 Å². The van der Waals surface area contributed by atoms with Gasteiger partial charge in [0.2, 0.25) is 11.8 Å². The van der Waals surface area contributed by atoms with E-state index < -0.39 is 24.2 Å². The van der Waals surface area contributed by atoms with Crippen LogP contribution in [0.25, 0.3) is 66.1 Å². The van der Waals surface area contributed by atoms with Gasteiger partial charge in [-0.15, -0.1) is 0 Å². The Morgan fingerprint density at radius 2 is 1.04 bits per heavy atom. The smallest absolute Gasteiger partial charge is 0.231 e. The lowest BCUT2D eigenvalue weighted by Crippen LogP contribution is -2.15. The van der Waals surface area contributed by atoms with Gasteiger partial charge in [-0.3, -0.25) is 9.59 Å². The number of nitrogens with zero attached hydrogens (tertiary/aromatic N) is 6. The Balaban J connectivity index is 0.000000146. The van der Waals surface area contributed by atoms with Crippen LogP contribution in [0.5, 0.6) is 0 Å². The molecule has 0 radical (unpaired) electrons. The summed E-state index contributed by atoms with van der Waals surface area (Å²) in [5.74, 6) is -1.05. The Kier molecular flexibility index (Phi) is 8.25. The number of nitrogens with one attached hydrogen (secondary N) is 4. The molecular weight excluding hydrogens is 719 g/mol. The lowest BCUT2D eigenvalue weighted by Gasteiger charge is -2.11. The number of H-pyrrole nitrogens is 2. The standard InChI is InChI=1S/2C20H17FN6O/c2*1-9-13(6-24-19-18(9)25-8-26-19)10-2-11-4-17(23-7-14(11)16(22)3-10)27-20(28)12-5-15(12)21/h2*2-4,6-8,12,15H,5,22H2,1H3,(H,23,27,28)(H,24,25,26)/t2*12-,15+/m10/s1. The molecule has 8 aromatic rings. The average Bonchev–Trinajstić information content (AvgIpc) is 3.93. The van der Waals surface area contributed by atoms with Crippen LogP contribution in [0, 0.1) is 25.7 Å². The molecule has 0 bridgehead atoms. The number of nitrogens with two attached hydrogens (primary N) is 2. The predicted molar refractivity (Wildman–Crippen MR) is 211 cm³/mol. The Morgan fingerprint density at radius 3 is 1.43 bits per heavy atom. The Morgan fingerprint density at radius 1 is 0.625 bits per heavy atom. The molecule has 10 rings (SSSR count). The van der Waals surface area contributed by atoms with Gasteiger partial charge in [-0.05, 0) is 96.1 Å². The minimum Gasteiger partial charge on any atom is -0.398 e. The van der Waals surface area contributed by atoms with Crippen molar-refractivity contribution in [3.8, 4) is 22.3 Å². The van der Waals surface area contributed by atoms with Gasteiger partial charge < -0.3 is 32.1 Å². The number of pyridine rings is 4. The van der Waals surface area contributed by atoms with E-state index in [1.54, 1.807) is 49.6 Å². The monoisotopic (exact) mass is 752 g/mol. The second kappa shape index (κ2) is 13.3. The third-order valence-corrected chi connectivity index (χ3v) is 10.4. The van der Waals surface area contributed by atoms with Gasteiger partial charge in [0, 0.05) is 58.1 Å². The molecule has 0 aliphatic heterocycles. The molecule has 2 amide bonds. The van der Waals surface area contributed by atoms with Crippen molar-refractivity contribution in [2.75, 3.05) is 22.1 Å². The van der Waals surface area contributed by atoms with Gasteiger partial charge in [-0.2, -0.15) is 0 Å². The summed E-state index contributed by atoms with van der Waals surface area (Å²) >= 11 is 0. The molecule has 2 aromatic carbocycles. The first-order valence-electron chi connectivity index (χ1n) is 17.9. The van der Waals surface area contributed by atoms with E-state index in [0.29, 0.717) is 34.3 Å². The number of fused-ring (bicyclic) bond motifs is 4. The van der Waals surface area contributed by atoms with Crippen LogP contribution >= 0.6 is 0 Å². The van der Waals surface area contributed by atoms with E-state index in [4.69, 9.17) is 11.5 Å². The van der Waals surface area contributed by atoms with Gasteiger partial charge in [0.25, 0.3) is 0 Å². The minimum atomic E-state index is -1.05. The van der Waals surface area contributed by atoms with Crippen LogP contribution in [0.3, 0.4) is 0 Å². The van der Waals surface area contributed by atoms with Crippen molar-refractivity contribution in [1.82, 2.24) is 39.9 Å². The zero-order chi connectivity index (χ0) is 38.8. The third-order valence-electron chi connectivity index (χ3n) is 10.4. The van der Waals surface area contributed by atoms with Crippen molar-refractivity contribution >= 4 is 78.7 Å². The van der Waals surface area contributed by atoms with Crippen molar-refractivity contribution in [3.63, 3.8) is 0 Å². The van der Waals surface area contributed by atoms with Crippen LogP contribution < -0.4 is 22.1 Å². The van der Waals surface area contributed by atoms with Gasteiger partial charge in [0.15, 0.2) is 11.3 Å². The van der Waals surface area contributed by atoms with E-state index in [9.17, 15) is 18.4 Å². The molecule has 16 heteroatoms. The van der Waals surface area contributed by atoms with E-state index in [2.05, 4.69) is 50.5 Å². The van der Waals surface area contributed by atoms with Crippen molar-refractivity contribution < 1.29 is 18.4 Å². The van der Waals surface area contributed by atoms with Crippen LogP contribution in [0.4, 0.5) is 31.8 Å². The number of amides is 2. The first-order valence-corrected chi connectivity index (χ1v) is 17.9. The summed E-state index contributed by atoms with van der Waals surface area (Å²) in [5.41, 5.74) is 22.5. The molecule has 14 nitrogen and oxygen atoms in total. The number of imidazole rings is 2. The van der Waals surface area contributed by atoms with Crippen molar-refractivity contribution in [3.05, 3.63) is 85.0 Å². The summed E-state index contributed by atoms with van der Waals surface area (Å²) in [7, 11) is 0. The summed E-state index contributed by atoms with van der Waals surface area (Å²) in [6, 6.07) is 11.2. The fraction of sp³-hybridized carbons (Fsp3) is 0.200. The summed E-state index contributed by atoms with van der Waals surface area (Å²) in [6.45, 7) is 4.00. The van der Waals surface area contributed by atoms with E-state index in [0.717, 1.165) is 66.0 Å². The first-order chi connectivity index (χ1) is 27.0.